The minimum absolute atomic E-state index is 0.0771. The molecule has 0 spiro atoms. The number of nitrogens with one attached hydrogen (secondary N) is 1. The van der Waals surface area contributed by atoms with Crippen LogP contribution in [0.4, 0.5) is 0 Å². The number of carbonyl (C=O) groups is 3. The zero-order valence-electron chi connectivity index (χ0n) is 28.7. The molecule has 0 saturated carbocycles. The van der Waals surface area contributed by atoms with Gasteiger partial charge in [0.2, 0.25) is 0 Å². The Morgan fingerprint density at radius 2 is 1.31 bits per heavy atom. The molecule has 3 aromatic rings. The van der Waals surface area contributed by atoms with Gasteiger partial charge < -0.3 is 33.7 Å². The van der Waals surface area contributed by atoms with Gasteiger partial charge in [0.1, 0.15) is 17.5 Å². The van der Waals surface area contributed by atoms with Crippen LogP contribution in [0.3, 0.4) is 0 Å². The standard InChI is InChI=1S/C36H43Cl2NO9/c1-35(2,3)47-14-15-48-36(4,5)24-19-28(43-6)30(29(20-24)44-7)22-12-10-21(11-13-22)16-27(34(42)46-9)39-32(40)31-25(37)17-23(18-26(31)38)33(41)45-8/h10-13,17-20,27H,14-16H2,1-9H3,(H,39,40). The molecule has 3 aromatic carbocycles. The van der Waals surface area contributed by atoms with Crippen LogP contribution in [0.5, 0.6) is 11.5 Å². The van der Waals surface area contributed by atoms with Gasteiger partial charge in [0.15, 0.2) is 0 Å². The molecule has 0 fully saturated rings. The quantitative estimate of drug-likeness (QED) is 0.139. The minimum atomic E-state index is -1.07. The predicted octanol–water partition coefficient (Wildman–Crippen LogP) is 7.05. The number of esters is 2. The number of carbonyl (C=O) groups excluding carboxylic acids is 3. The molecule has 0 aliphatic rings. The molecule has 260 valence electrons. The highest BCUT2D eigenvalue weighted by Gasteiger charge is 2.28. The van der Waals surface area contributed by atoms with Gasteiger partial charge in [-0.05, 0) is 75.6 Å². The topological polar surface area (TPSA) is 119 Å². The van der Waals surface area contributed by atoms with Crippen molar-refractivity contribution in [3.63, 3.8) is 0 Å². The van der Waals surface area contributed by atoms with Gasteiger partial charge in [0, 0.05) is 6.42 Å². The Balaban J connectivity index is 1.84. The SMILES string of the molecule is COC(=O)c1cc(Cl)c(C(=O)NC(Cc2ccc(-c3c(OC)cc(C(C)(C)OCCOC(C)(C)C)cc3OC)cc2)C(=O)OC)c(Cl)c1. The van der Waals surface area contributed by atoms with Crippen LogP contribution in [0, 0.1) is 0 Å². The van der Waals surface area contributed by atoms with E-state index in [1.165, 1.54) is 26.4 Å². The van der Waals surface area contributed by atoms with Crippen LogP contribution in [-0.2, 0) is 35.8 Å². The number of benzene rings is 3. The Morgan fingerprint density at radius 3 is 1.79 bits per heavy atom. The van der Waals surface area contributed by atoms with Crippen molar-refractivity contribution in [3.8, 4) is 22.6 Å². The van der Waals surface area contributed by atoms with Crippen LogP contribution >= 0.6 is 23.2 Å². The lowest BCUT2D eigenvalue weighted by Crippen LogP contribution is -2.43. The monoisotopic (exact) mass is 703 g/mol. The largest absolute Gasteiger partial charge is 0.496 e. The van der Waals surface area contributed by atoms with Crippen molar-refractivity contribution in [3.05, 3.63) is 80.8 Å². The molecule has 1 unspecified atom stereocenters. The molecule has 10 nitrogen and oxygen atoms in total. The van der Waals surface area contributed by atoms with E-state index < -0.39 is 29.5 Å². The van der Waals surface area contributed by atoms with Crippen LogP contribution < -0.4 is 14.8 Å². The number of hydrogen-bond donors (Lipinski definition) is 1. The van der Waals surface area contributed by atoms with E-state index in [-0.39, 0.29) is 33.2 Å². The fourth-order valence-corrected chi connectivity index (χ4v) is 5.57. The second-order valence-electron chi connectivity index (χ2n) is 12.3. The van der Waals surface area contributed by atoms with Gasteiger partial charge in [0.25, 0.3) is 5.91 Å². The summed E-state index contributed by atoms with van der Waals surface area (Å²) in [6, 6.07) is 12.7. The first-order valence-electron chi connectivity index (χ1n) is 15.1. The summed E-state index contributed by atoms with van der Waals surface area (Å²) >= 11 is 12.6. The lowest BCUT2D eigenvalue weighted by atomic mass is 9.92. The van der Waals surface area contributed by atoms with Gasteiger partial charge in [0.05, 0.1) is 79.6 Å². The van der Waals surface area contributed by atoms with Crippen molar-refractivity contribution in [2.45, 2.75) is 58.3 Å². The first-order valence-corrected chi connectivity index (χ1v) is 15.9. The molecule has 3 rings (SSSR count). The fraction of sp³-hybridized carbons (Fsp3) is 0.417. The molecule has 1 amide bonds. The van der Waals surface area contributed by atoms with Crippen molar-refractivity contribution < 1.29 is 42.8 Å². The molecule has 1 N–H and O–H groups in total. The predicted molar refractivity (Wildman–Crippen MR) is 184 cm³/mol. The Hall–Kier alpha value is -3.83. The van der Waals surface area contributed by atoms with E-state index in [9.17, 15) is 14.4 Å². The molecule has 0 aromatic heterocycles. The van der Waals surface area contributed by atoms with E-state index in [2.05, 4.69) is 10.1 Å². The lowest BCUT2D eigenvalue weighted by Gasteiger charge is -2.29. The van der Waals surface area contributed by atoms with Gasteiger partial charge in [-0.15, -0.1) is 0 Å². The van der Waals surface area contributed by atoms with E-state index in [0.717, 1.165) is 22.3 Å². The third kappa shape index (κ3) is 9.85. The molecule has 0 saturated heterocycles. The zero-order valence-corrected chi connectivity index (χ0v) is 30.3. The minimum Gasteiger partial charge on any atom is -0.496 e. The van der Waals surface area contributed by atoms with Crippen molar-refractivity contribution >= 4 is 41.0 Å². The third-order valence-electron chi connectivity index (χ3n) is 7.45. The smallest absolute Gasteiger partial charge is 0.337 e. The highest BCUT2D eigenvalue weighted by molar-refractivity contribution is 6.40. The third-order valence-corrected chi connectivity index (χ3v) is 8.04. The van der Waals surface area contributed by atoms with Crippen LogP contribution in [0.1, 0.15) is 66.5 Å². The number of methoxy groups -OCH3 is 4. The normalized spacial score (nSPS) is 12.2. The Morgan fingerprint density at radius 1 is 0.771 bits per heavy atom. The van der Waals surface area contributed by atoms with E-state index in [1.807, 2.05) is 71.0 Å². The summed E-state index contributed by atoms with van der Waals surface area (Å²) in [6.07, 6.45) is 0.103. The van der Waals surface area contributed by atoms with Crippen LogP contribution in [0.25, 0.3) is 11.1 Å². The van der Waals surface area contributed by atoms with Crippen molar-refractivity contribution in [2.24, 2.45) is 0 Å². The summed E-state index contributed by atoms with van der Waals surface area (Å²) in [5.74, 6) is -0.864. The summed E-state index contributed by atoms with van der Waals surface area (Å²) < 4.78 is 33.2. The number of amides is 1. The molecule has 12 heteroatoms. The lowest BCUT2D eigenvalue weighted by molar-refractivity contribution is -0.142. The molecular formula is C36H43Cl2NO9. The second-order valence-corrected chi connectivity index (χ2v) is 13.1. The van der Waals surface area contributed by atoms with Crippen molar-refractivity contribution in [2.75, 3.05) is 41.7 Å². The number of ether oxygens (including phenoxy) is 6. The van der Waals surface area contributed by atoms with E-state index in [4.69, 9.17) is 46.9 Å². The van der Waals surface area contributed by atoms with Gasteiger partial charge in [-0.1, -0.05) is 47.5 Å². The van der Waals surface area contributed by atoms with Crippen molar-refractivity contribution in [1.29, 1.82) is 0 Å². The van der Waals surface area contributed by atoms with Gasteiger partial charge >= 0.3 is 11.9 Å². The maximum atomic E-state index is 13.2. The van der Waals surface area contributed by atoms with Crippen LogP contribution in [0.15, 0.2) is 48.5 Å². The summed E-state index contributed by atoms with van der Waals surface area (Å²) in [7, 11) is 5.62. The number of rotatable bonds is 14. The average molecular weight is 705 g/mol. The summed E-state index contributed by atoms with van der Waals surface area (Å²) in [4.78, 5) is 37.8. The molecule has 0 bridgehead atoms. The average Bonchev–Trinajstić information content (AvgIpc) is 3.04. The van der Waals surface area contributed by atoms with E-state index in [1.54, 1.807) is 14.2 Å². The first kappa shape index (κ1) is 38.6. The van der Waals surface area contributed by atoms with E-state index in [0.29, 0.717) is 24.7 Å². The maximum Gasteiger partial charge on any atom is 0.337 e. The van der Waals surface area contributed by atoms with Crippen molar-refractivity contribution in [1.82, 2.24) is 5.32 Å². The Bertz CT molecular complexity index is 1570. The molecular weight excluding hydrogens is 661 g/mol. The summed E-state index contributed by atoms with van der Waals surface area (Å²) in [5.41, 5.74) is 2.21. The Labute approximate surface area is 291 Å². The van der Waals surface area contributed by atoms with Gasteiger partial charge in [-0.3, -0.25) is 4.79 Å². The highest BCUT2D eigenvalue weighted by Crippen LogP contribution is 2.42. The highest BCUT2D eigenvalue weighted by atomic mass is 35.5. The Kier molecular flexibility index (Phi) is 13.3. The number of halogens is 2. The maximum absolute atomic E-state index is 13.2. The second kappa shape index (κ2) is 16.5. The molecule has 0 aliphatic heterocycles. The molecule has 0 radical (unpaired) electrons. The summed E-state index contributed by atoms with van der Waals surface area (Å²) in [6.45, 7) is 10.8. The van der Waals surface area contributed by atoms with Crippen LogP contribution in [0.2, 0.25) is 10.0 Å². The first-order chi connectivity index (χ1) is 22.5. The van der Waals surface area contributed by atoms with Crippen LogP contribution in [-0.4, -0.2) is 71.1 Å². The zero-order chi connectivity index (χ0) is 35.8. The molecule has 0 heterocycles. The van der Waals surface area contributed by atoms with Gasteiger partial charge in [-0.25, -0.2) is 9.59 Å². The summed E-state index contributed by atoms with van der Waals surface area (Å²) in [5, 5.41) is 2.49. The van der Waals surface area contributed by atoms with E-state index >= 15 is 0 Å². The fourth-order valence-electron chi connectivity index (χ4n) is 4.91. The molecule has 48 heavy (non-hydrogen) atoms. The number of hydrogen-bond acceptors (Lipinski definition) is 9. The molecule has 0 aliphatic carbocycles. The van der Waals surface area contributed by atoms with Gasteiger partial charge in [-0.2, -0.15) is 0 Å². The molecule has 1 atom stereocenters.